The van der Waals surface area contributed by atoms with Crippen molar-refractivity contribution in [2.24, 2.45) is 0 Å². The first-order valence-corrected chi connectivity index (χ1v) is 6.45. The van der Waals surface area contributed by atoms with Gasteiger partial charge in [-0.15, -0.1) is 0 Å². The highest BCUT2D eigenvalue weighted by Gasteiger charge is 2.22. The van der Waals surface area contributed by atoms with E-state index in [1.807, 2.05) is 0 Å². The average Bonchev–Trinajstić information content (AvgIpc) is 2.14. The molecule has 1 rings (SSSR count). The summed E-state index contributed by atoms with van der Waals surface area (Å²) < 4.78 is 39.2. The molecular weight excluding hydrogens is 243 g/mol. The second-order valence-electron chi connectivity index (χ2n) is 3.84. The normalized spacial score (nSPS) is 13.1. The molecule has 1 aromatic carbocycles. The molecule has 0 fully saturated rings. The minimum absolute atomic E-state index is 0.0287. The fourth-order valence-corrected chi connectivity index (χ4v) is 3.24. The molecule has 17 heavy (non-hydrogen) atoms. The molecule has 0 aliphatic carbocycles. The van der Waals surface area contributed by atoms with Gasteiger partial charge in [-0.05, 0) is 44.0 Å². The van der Waals surface area contributed by atoms with E-state index in [0.717, 1.165) is 12.1 Å². The van der Waals surface area contributed by atoms with Gasteiger partial charge in [-0.2, -0.15) is 9.98 Å². The maximum absolute atomic E-state index is 13.1. The minimum Gasteiger partial charge on any atom is -0.207 e. The molecular formula is C11H13FN2O2S. The minimum atomic E-state index is -3.79. The van der Waals surface area contributed by atoms with Crippen LogP contribution in [0, 0.1) is 31.0 Å². The molecule has 1 atom stereocenters. The Morgan fingerprint density at radius 1 is 1.35 bits per heavy atom. The molecule has 0 spiro atoms. The van der Waals surface area contributed by atoms with Crippen molar-refractivity contribution in [3.63, 3.8) is 0 Å². The lowest BCUT2D eigenvalue weighted by Crippen LogP contribution is -2.32. The lowest BCUT2D eigenvalue weighted by atomic mass is 10.1. The molecule has 0 aromatic heterocycles. The van der Waals surface area contributed by atoms with Crippen LogP contribution in [-0.4, -0.2) is 14.5 Å². The molecule has 0 radical (unpaired) electrons. The van der Waals surface area contributed by atoms with Crippen LogP contribution in [0.15, 0.2) is 17.0 Å². The molecule has 92 valence electrons. The Kier molecular flexibility index (Phi) is 3.86. The summed E-state index contributed by atoms with van der Waals surface area (Å²) in [7, 11) is -3.79. The van der Waals surface area contributed by atoms with Crippen LogP contribution in [0.4, 0.5) is 4.39 Å². The fraction of sp³-hybridized carbons (Fsp3) is 0.364. The highest BCUT2D eigenvalue weighted by molar-refractivity contribution is 7.89. The van der Waals surface area contributed by atoms with Crippen LogP contribution in [0.1, 0.15) is 18.1 Å². The van der Waals surface area contributed by atoms with Crippen molar-refractivity contribution < 1.29 is 12.8 Å². The van der Waals surface area contributed by atoms with Gasteiger partial charge in [0.15, 0.2) is 0 Å². The van der Waals surface area contributed by atoms with Crippen molar-refractivity contribution in [3.8, 4) is 6.07 Å². The third-order valence-electron chi connectivity index (χ3n) is 2.22. The van der Waals surface area contributed by atoms with E-state index in [9.17, 15) is 12.8 Å². The van der Waals surface area contributed by atoms with E-state index >= 15 is 0 Å². The molecule has 0 aliphatic heterocycles. The number of halogens is 1. The third kappa shape index (κ3) is 3.02. The van der Waals surface area contributed by atoms with Crippen LogP contribution in [0.5, 0.6) is 0 Å². The zero-order valence-corrected chi connectivity index (χ0v) is 10.6. The largest absolute Gasteiger partial charge is 0.242 e. The van der Waals surface area contributed by atoms with Crippen LogP contribution in [0.2, 0.25) is 0 Å². The van der Waals surface area contributed by atoms with Crippen LogP contribution in [0.25, 0.3) is 0 Å². The first-order valence-electron chi connectivity index (χ1n) is 4.96. The van der Waals surface area contributed by atoms with E-state index in [4.69, 9.17) is 5.26 Å². The number of nitrogens with zero attached hydrogens (tertiary/aromatic N) is 1. The Hall–Kier alpha value is -1.45. The number of nitrogens with one attached hydrogen (secondary N) is 1. The molecule has 0 aliphatic rings. The number of sulfonamides is 1. The molecule has 0 saturated heterocycles. The molecule has 4 nitrogen and oxygen atoms in total. The molecule has 1 unspecified atom stereocenters. The quantitative estimate of drug-likeness (QED) is 0.893. The molecule has 1 N–H and O–H groups in total. The van der Waals surface area contributed by atoms with E-state index in [2.05, 4.69) is 4.72 Å². The Labute approximate surface area is 100 Å². The second kappa shape index (κ2) is 4.82. The van der Waals surface area contributed by atoms with Crippen LogP contribution in [-0.2, 0) is 10.0 Å². The van der Waals surface area contributed by atoms with E-state index in [-0.39, 0.29) is 4.90 Å². The number of nitriles is 1. The molecule has 0 amide bonds. The topological polar surface area (TPSA) is 70.0 Å². The Morgan fingerprint density at radius 2 is 1.82 bits per heavy atom. The standard InChI is InChI=1S/C11H13FN2O2S/c1-7-4-10(12)5-8(2)11(7)17(15,16)14-9(3)6-13/h4-5,9,14H,1-3H3. The lowest BCUT2D eigenvalue weighted by Gasteiger charge is -2.13. The van der Waals surface area contributed by atoms with E-state index in [0.29, 0.717) is 11.1 Å². The summed E-state index contributed by atoms with van der Waals surface area (Å²) >= 11 is 0. The van der Waals surface area contributed by atoms with Gasteiger partial charge in [0.2, 0.25) is 10.0 Å². The number of benzene rings is 1. The Bertz CT molecular complexity index is 553. The van der Waals surface area contributed by atoms with E-state index in [1.165, 1.54) is 20.8 Å². The number of rotatable bonds is 3. The van der Waals surface area contributed by atoms with Gasteiger partial charge in [-0.1, -0.05) is 0 Å². The monoisotopic (exact) mass is 256 g/mol. The van der Waals surface area contributed by atoms with Crippen molar-refractivity contribution in [1.82, 2.24) is 4.72 Å². The summed E-state index contributed by atoms with van der Waals surface area (Å²) in [5, 5.41) is 8.59. The predicted octanol–water partition coefficient (Wildman–Crippen LogP) is 1.63. The van der Waals surface area contributed by atoms with Crippen molar-refractivity contribution >= 4 is 10.0 Å². The summed E-state index contributed by atoms with van der Waals surface area (Å²) in [4.78, 5) is 0.0287. The van der Waals surface area contributed by atoms with Gasteiger partial charge in [-0.3, -0.25) is 0 Å². The van der Waals surface area contributed by atoms with Crippen LogP contribution < -0.4 is 4.72 Å². The highest BCUT2D eigenvalue weighted by atomic mass is 32.2. The zero-order chi connectivity index (χ0) is 13.2. The SMILES string of the molecule is Cc1cc(F)cc(C)c1S(=O)(=O)NC(C)C#N. The predicted molar refractivity (Wildman–Crippen MR) is 61.3 cm³/mol. The number of hydrogen-bond acceptors (Lipinski definition) is 3. The van der Waals surface area contributed by atoms with Crippen molar-refractivity contribution in [2.45, 2.75) is 31.7 Å². The van der Waals surface area contributed by atoms with E-state index in [1.54, 1.807) is 6.07 Å². The lowest BCUT2D eigenvalue weighted by molar-refractivity contribution is 0.574. The summed E-state index contributed by atoms with van der Waals surface area (Å²) in [5.74, 6) is -0.479. The van der Waals surface area contributed by atoms with Gasteiger partial charge in [0.1, 0.15) is 11.9 Å². The average molecular weight is 256 g/mol. The molecule has 0 bridgehead atoms. The van der Waals surface area contributed by atoms with Crippen LogP contribution in [0.3, 0.4) is 0 Å². The van der Waals surface area contributed by atoms with Crippen molar-refractivity contribution in [2.75, 3.05) is 0 Å². The van der Waals surface area contributed by atoms with Crippen molar-refractivity contribution in [1.29, 1.82) is 5.26 Å². The summed E-state index contributed by atoms with van der Waals surface area (Å²) in [6.45, 7) is 4.47. The highest BCUT2D eigenvalue weighted by Crippen LogP contribution is 2.21. The fourth-order valence-electron chi connectivity index (χ4n) is 1.64. The first-order chi connectivity index (χ1) is 7.77. The zero-order valence-electron chi connectivity index (χ0n) is 9.78. The molecule has 0 saturated carbocycles. The van der Waals surface area contributed by atoms with Gasteiger partial charge in [-0.25, -0.2) is 12.8 Å². The summed E-state index contributed by atoms with van der Waals surface area (Å²) in [6, 6.07) is 3.25. The van der Waals surface area contributed by atoms with Gasteiger partial charge in [0.25, 0.3) is 0 Å². The van der Waals surface area contributed by atoms with Gasteiger partial charge in [0, 0.05) is 0 Å². The van der Waals surface area contributed by atoms with Crippen LogP contribution >= 0.6 is 0 Å². The smallest absolute Gasteiger partial charge is 0.207 e. The molecule has 0 heterocycles. The summed E-state index contributed by atoms with van der Waals surface area (Å²) in [5.41, 5.74) is 0.639. The number of hydrogen-bond donors (Lipinski definition) is 1. The maximum Gasteiger partial charge on any atom is 0.242 e. The second-order valence-corrected chi connectivity index (χ2v) is 5.49. The molecule has 1 aromatic rings. The molecule has 6 heteroatoms. The third-order valence-corrected chi connectivity index (χ3v) is 4.06. The summed E-state index contributed by atoms with van der Waals surface area (Å²) in [6.07, 6.45) is 0. The Morgan fingerprint density at radius 3 is 2.24 bits per heavy atom. The first kappa shape index (κ1) is 13.6. The number of aryl methyl sites for hydroxylation is 2. The Balaban J connectivity index is 3.31. The van der Waals surface area contributed by atoms with Gasteiger partial charge < -0.3 is 0 Å². The van der Waals surface area contributed by atoms with Gasteiger partial charge in [0.05, 0.1) is 11.0 Å². The van der Waals surface area contributed by atoms with Gasteiger partial charge >= 0.3 is 0 Å². The van der Waals surface area contributed by atoms with E-state index < -0.39 is 21.9 Å². The maximum atomic E-state index is 13.1. The van der Waals surface area contributed by atoms with Crippen molar-refractivity contribution in [3.05, 3.63) is 29.1 Å².